The summed E-state index contributed by atoms with van der Waals surface area (Å²) < 4.78 is 0. The Balaban J connectivity index is 1.49. The molecule has 1 aliphatic heterocycles. The predicted molar refractivity (Wildman–Crippen MR) is 98.6 cm³/mol. The fraction of sp³-hybridized carbons (Fsp3) is 0.286. The number of carbonyl (C=O) groups excluding carboxylic acids is 1. The molecule has 0 atom stereocenters. The maximum atomic E-state index is 12.6. The molecule has 4 nitrogen and oxygen atoms in total. The van der Waals surface area contributed by atoms with Crippen LogP contribution in [0.3, 0.4) is 0 Å². The van der Waals surface area contributed by atoms with Crippen LogP contribution in [-0.2, 0) is 0 Å². The number of amides is 1. The fourth-order valence-corrected chi connectivity index (χ4v) is 3.67. The highest BCUT2D eigenvalue weighted by Gasteiger charge is 2.26. The van der Waals surface area contributed by atoms with Crippen LogP contribution in [0.1, 0.15) is 40.5 Å². The SMILES string of the molecule is Cc1cnc(C(=O)N2CCC(c3cccc4ccccc34)CC2)cn1. The van der Waals surface area contributed by atoms with E-state index in [2.05, 4.69) is 52.4 Å². The number of nitrogens with zero attached hydrogens (tertiary/aromatic N) is 3. The van der Waals surface area contributed by atoms with Gasteiger partial charge in [-0.15, -0.1) is 0 Å². The fourth-order valence-electron chi connectivity index (χ4n) is 3.67. The third kappa shape index (κ3) is 3.12. The third-order valence-corrected chi connectivity index (χ3v) is 5.05. The van der Waals surface area contributed by atoms with Crippen LogP contribution < -0.4 is 0 Å². The van der Waals surface area contributed by atoms with E-state index >= 15 is 0 Å². The normalized spacial score (nSPS) is 15.5. The van der Waals surface area contributed by atoms with Gasteiger partial charge in [0, 0.05) is 19.3 Å². The van der Waals surface area contributed by atoms with Gasteiger partial charge in [0.15, 0.2) is 0 Å². The van der Waals surface area contributed by atoms with E-state index in [-0.39, 0.29) is 5.91 Å². The largest absolute Gasteiger partial charge is 0.337 e. The van der Waals surface area contributed by atoms with Crippen molar-refractivity contribution in [1.29, 1.82) is 0 Å². The van der Waals surface area contributed by atoms with E-state index in [1.165, 1.54) is 16.3 Å². The first-order valence-electron chi connectivity index (χ1n) is 8.78. The molecule has 4 rings (SSSR count). The summed E-state index contributed by atoms with van der Waals surface area (Å²) in [5.41, 5.74) is 2.67. The number of carbonyl (C=O) groups is 1. The second-order valence-electron chi connectivity index (χ2n) is 6.68. The molecule has 1 aliphatic rings. The molecule has 0 spiro atoms. The average molecular weight is 331 g/mol. The molecule has 1 fully saturated rings. The molecule has 3 aromatic rings. The molecule has 2 aromatic carbocycles. The van der Waals surface area contributed by atoms with Crippen molar-refractivity contribution in [3.8, 4) is 0 Å². The van der Waals surface area contributed by atoms with Crippen molar-refractivity contribution in [3.05, 3.63) is 71.8 Å². The lowest BCUT2D eigenvalue weighted by Crippen LogP contribution is -2.38. The molecule has 0 saturated carbocycles. The van der Waals surface area contributed by atoms with E-state index in [0.29, 0.717) is 11.6 Å². The Morgan fingerprint density at radius 1 is 1.00 bits per heavy atom. The van der Waals surface area contributed by atoms with E-state index < -0.39 is 0 Å². The first-order chi connectivity index (χ1) is 12.2. The molecule has 0 aliphatic carbocycles. The highest BCUT2D eigenvalue weighted by molar-refractivity contribution is 5.92. The molecule has 4 heteroatoms. The van der Waals surface area contributed by atoms with Crippen LogP contribution in [0.2, 0.25) is 0 Å². The van der Waals surface area contributed by atoms with Crippen LogP contribution >= 0.6 is 0 Å². The van der Waals surface area contributed by atoms with Crippen molar-refractivity contribution in [1.82, 2.24) is 14.9 Å². The van der Waals surface area contributed by atoms with E-state index in [9.17, 15) is 4.79 Å². The Morgan fingerprint density at radius 3 is 2.52 bits per heavy atom. The molecule has 0 bridgehead atoms. The summed E-state index contributed by atoms with van der Waals surface area (Å²) in [4.78, 5) is 22.9. The molecule has 0 radical (unpaired) electrons. The first kappa shape index (κ1) is 15.8. The molecule has 25 heavy (non-hydrogen) atoms. The van der Waals surface area contributed by atoms with Gasteiger partial charge in [0.1, 0.15) is 5.69 Å². The number of hydrogen-bond donors (Lipinski definition) is 0. The lowest BCUT2D eigenvalue weighted by molar-refractivity contribution is 0.0707. The van der Waals surface area contributed by atoms with Crippen LogP contribution in [0.25, 0.3) is 10.8 Å². The Bertz CT molecular complexity index is 891. The molecule has 1 amide bonds. The average Bonchev–Trinajstić information content (AvgIpc) is 2.68. The lowest BCUT2D eigenvalue weighted by Gasteiger charge is -2.32. The van der Waals surface area contributed by atoms with Crippen LogP contribution in [-0.4, -0.2) is 33.9 Å². The predicted octanol–water partition coefficient (Wildman–Crippen LogP) is 3.96. The first-order valence-corrected chi connectivity index (χ1v) is 8.78. The second-order valence-corrected chi connectivity index (χ2v) is 6.68. The number of benzene rings is 2. The zero-order chi connectivity index (χ0) is 17.2. The minimum absolute atomic E-state index is 0.0103. The zero-order valence-electron chi connectivity index (χ0n) is 14.4. The molecular weight excluding hydrogens is 310 g/mol. The smallest absolute Gasteiger partial charge is 0.274 e. The maximum absolute atomic E-state index is 12.6. The van der Waals surface area contributed by atoms with Gasteiger partial charge in [-0.1, -0.05) is 42.5 Å². The number of rotatable bonds is 2. The topological polar surface area (TPSA) is 46.1 Å². The van der Waals surface area contributed by atoms with Gasteiger partial charge in [0.2, 0.25) is 0 Å². The van der Waals surface area contributed by atoms with Crippen molar-refractivity contribution < 1.29 is 4.79 Å². The van der Waals surface area contributed by atoms with Gasteiger partial charge in [-0.25, -0.2) is 4.98 Å². The van der Waals surface area contributed by atoms with E-state index in [0.717, 1.165) is 31.6 Å². The molecule has 126 valence electrons. The monoisotopic (exact) mass is 331 g/mol. The molecule has 0 unspecified atom stereocenters. The highest BCUT2D eigenvalue weighted by Crippen LogP contribution is 2.33. The minimum atomic E-state index is -0.0103. The number of aromatic nitrogens is 2. The molecule has 2 heterocycles. The molecular formula is C21H21N3O. The number of piperidine rings is 1. The second kappa shape index (κ2) is 6.63. The lowest BCUT2D eigenvalue weighted by atomic mass is 9.86. The summed E-state index contributed by atoms with van der Waals surface area (Å²) in [6.07, 6.45) is 5.20. The van der Waals surface area contributed by atoms with Crippen LogP contribution in [0, 0.1) is 6.92 Å². The van der Waals surface area contributed by atoms with E-state index in [1.807, 2.05) is 11.8 Å². The van der Waals surface area contributed by atoms with Crippen molar-refractivity contribution in [2.45, 2.75) is 25.7 Å². The summed E-state index contributed by atoms with van der Waals surface area (Å²) in [6.45, 7) is 3.40. The summed E-state index contributed by atoms with van der Waals surface area (Å²) in [6, 6.07) is 15.1. The maximum Gasteiger partial charge on any atom is 0.274 e. The van der Waals surface area contributed by atoms with Gasteiger partial charge >= 0.3 is 0 Å². The molecule has 1 aromatic heterocycles. The summed E-state index contributed by atoms with van der Waals surface area (Å²) in [5, 5.41) is 2.62. The van der Waals surface area contributed by atoms with E-state index in [4.69, 9.17) is 0 Å². The van der Waals surface area contributed by atoms with Crippen LogP contribution in [0.4, 0.5) is 0 Å². The Hall–Kier alpha value is -2.75. The number of aryl methyl sites for hydroxylation is 1. The number of fused-ring (bicyclic) bond motifs is 1. The van der Waals surface area contributed by atoms with E-state index in [1.54, 1.807) is 12.4 Å². The minimum Gasteiger partial charge on any atom is -0.337 e. The summed E-state index contributed by atoms with van der Waals surface area (Å²) in [7, 11) is 0. The van der Waals surface area contributed by atoms with Gasteiger partial charge < -0.3 is 4.90 Å². The van der Waals surface area contributed by atoms with Gasteiger partial charge in [0.05, 0.1) is 11.9 Å². The zero-order valence-corrected chi connectivity index (χ0v) is 14.4. The van der Waals surface area contributed by atoms with Gasteiger partial charge in [-0.2, -0.15) is 0 Å². The Kier molecular flexibility index (Phi) is 4.18. The molecule has 1 saturated heterocycles. The summed E-state index contributed by atoms with van der Waals surface area (Å²) >= 11 is 0. The van der Waals surface area contributed by atoms with Crippen molar-refractivity contribution in [2.75, 3.05) is 13.1 Å². The molecule has 0 N–H and O–H groups in total. The van der Waals surface area contributed by atoms with Gasteiger partial charge in [-0.3, -0.25) is 9.78 Å². The quantitative estimate of drug-likeness (QED) is 0.714. The van der Waals surface area contributed by atoms with Crippen LogP contribution in [0.5, 0.6) is 0 Å². The van der Waals surface area contributed by atoms with Crippen LogP contribution in [0.15, 0.2) is 54.9 Å². The third-order valence-electron chi connectivity index (χ3n) is 5.05. The Morgan fingerprint density at radius 2 is 1.76 bits per heavy atom. The number of hydrogen-bond acceptors (Lipinski definition) is 3. The number of likely N-dealkylation sites (tertiary alicyclic amines) is 1. The van der Waals surface area contributed by atoms with Gasteiger partial charge in [0.25, 0.3) is 5.91 Å². The highest BCUT2D eigenvalue weighted by atomic mass is 16.2. The standard InChI is InChI=1S/C21H21N3O/c1-15-13-23-20(14-22-15)21(25)24-11-9-17(10-12-24)19-8-4-6-16-5-2-3-7-18(16)19/h2-8,13-14,17H,9-12H2,1H3. The van der Waals surface area contributed by atoms with Crippen molar-refractivity contribution >= 4 is 16.7 Å². The summed E-state index contributed by atoms with van der Waals surface area (Å²) in [5.74, 6) is 0.489. The Labute approximate surface area is 147 Å². The van der Waals surface area contributed by atoms with Gasteiger partial charge in [-0.05, 0) is 42.0 Å². The van der Waals surface area contributed by atoms with Crippen molar-refractivity contribution in [3.63, 3.8) is 0 Å². The van der Waals surface area contributed by atoms with Crippen molar-refractivity contribution in [2.24, 2.45) is 0 Å².